The lowest BCUT2D eigenvalue weighted by atomic mass is 10.1. The van der Waals surface area contributed by atoms with Crippen molar-refractivity contribution in [3.63, 3.8) is 0 Å². The Morgan fingerprint density at radius 3 is 2.50 bits per heavy atom. The van der Waals surface area contributed by atoms with Gasteiger partial charge in [-0.2, -0.15) is 0 Å². The van der Waals surface area contributed by atoms with Gasteiger partial charge in [0.25, 0.3) is 5.91 Å². The van der Waals surface area contributed by atoms with Gasteiger partial charge in [-0.1, -0.05) is 60.7 Å². The quantitative estimate of drug-likeness (QED) is 0.611. The van der Waals surface area contributed by atoms with E-state index in [1.165, 1.54) is 17.5 Å². The van der Waals surface area contributed by atoms with E-state index in [0.717, 1.165) is 24.0 Å². The highest BCUT2D eigenvalue weighted by atomic mass is 16.5. The molecule has 30 heavy (non-hydrogen) atoms. The molecule has 0 bridgehead atoms. The lowest BCUT2D eigenvalue weighted by Gasteiger charge is -2.24. The normalized spacial score (nSPS) is 12.4. The molecule has 0 saturated carbocycles. The molecule has 0 saturated heterocycles. The third-order valence-corrected chi connectivity index (χ3v) is 5.58. The molecule has 4 heteroatoms. The van der Waals surface area contributed by atoms with Crippen molar-refractivity contribution in [3.05, 3.63) is 101 Å². The summed E-state index contributed by atoms with van der Waals surface area (Å²) in [7, 11) is 0. The molecule has 0 fully saturated rings. The number of hydrogen-bond donors (Lipinski definition) is 1. The number of hydrogen-bond acceptors (Lipinski definition) is 3. The number of carbonyl (C=O) groups is 1. The molecule has 0 radical (unpaired) electrons. The van der Waals surface area contributed by atoms with Gasteiger partial charge in [-0.3, -0.25) is 4.79 Å². The molecule has 2 N–H and O–H groups in total. The van der Waals surface area contributed by atoms with Crippen molar-refractivity contribution in [3.8, 4) is 5.75 Å². The summed E-state index contributed by atoms with van der Waals surface area (Å²) in [5.41, 5.74) is 11.5. The fourth-order valence-electron chi connectivity index (χ4n) is 4.03. The van der Waals surface area contributed by atoms with Crippen molar-refractivity contribution < 1.29 is 9.53 Å². The Kier molecular flexibility index (Phi) is 6.45. The minimum absolute atomic E-state index is 0.0513. The maximum absolute atomic E-state index is 13.4. The van der Waals surface area contributed by atoms with Gasteiger partial charge >= 0.3 is 0 Å². The Labute approximate surface area is 178 Å². The number of nitrogens with zero attached hydrogens (tertiary/aromatic N) is 1. The number of nitrogens with two attached hydrogens (primary N) is 1. The second-order valence-corrected chi connectivity index (χ2v) is 7.74. The molecule has 0 spiro atoms. The van der Waals surface area contributed by atoms with Crippen LogP contribution in [0.25, 0.3) is 0 Å². The molecule has 1 amide bonds. The van der Waals surface area contributed by atoms with Gasteiger partial charge in [0.1, 0.15) is 12.4 Å². The summed E-state index contributed by atoms with van der Waals surface area (Å²) in [4.78, 5) is 15.2. The predicted molar refractivity (Wildman–Crippen MR) is 119 cm³/mol. The number of aryl methyl sites for hydroxylation is 2. The van der Waals surface area contributed by atoms with Gasteiger partial charge in [-0.25, -0.2) is 0 Å². The second kappa shape index (κ2) is 9.59. The Bertz CT molecular complexity index is 1000. The van der Waals surface area contributed by atoms with Gasteiger partial charge in [0, 0.05) is 19.6 Å². The number of ether oxygens (including phenoxy) is 1. The summed E-state index contributed by atoms with van der Waals surface area (Å²) in [6.45, 7) is 1.90. The van der Waals surface area contributed by atoms with E-state index in [-0.39, 0.29) is 5.91 Å². The van der Waals surface area contributed by atoms with Gasteiger partial charge in [0.15, 0.2) is 0 Å². The number of rotatable bonds is 8. The van der Waals surface area contributed by atoms with E-state index in [4.69, 9.17) is 10.5 Å². The van der Waals surface area contributed by atoms with E-state index in [0.29, 0.717) is 37.6 Å². The summed E-state index contributed by atoms with van der Waals surface area (Å²) in [6.07, 6.45) is 3.51. The molecule has 0 aromatic heterocycles. The Morgan fingerprint density at radius 2 is 1.67 bits per heavy atom. The molecule has 4 rings (SSSR count). The Morgan fingerprint density at radius 1 is 0.900 bits per heavy atom. The molecule has 4 nitrogen and oxygen atoms in total. The summed E-state index contributed by atoms with van der Waals surface area (Å²) in [5, 5.41) is 0. The topological polar surface area (TPSA) is 55.6 Å². The van der Waals surface area contributed by atoms with Crippen molar-refractivity contribution in [1.82, 2.24) is 4.90 Å². The lowest BCUT2D eigenvalue weighted by Crippen LogP contribution is -2.35. The van der Waals surface area contributed by atoms with E-state index >= 15 is 0 Å². The van der Waals surface area contributed by atoms with Crippen LogP contribution in [0.15, 0.2) is 72.8 Å². The van der Waals surface area contributed by atoms with Crippen LogP contribution in [-0.4, -0.2) is 23.9 Å². The van der Waals surface area contributed by atoms with Crippen LogP contribution in [0.3, 0.4) is 0 Å². The predicted octanol–water partition coefficient (Wildman–Crippen LogP) is 4.36. The first-order valence-electron chi connectivity index (χ1n) is 10.6. The molecule has 0 unspecified atom stereocenters. The average molecular weight is 401 g/mol. The van der Waals surface area contributed by atoms with Crippen LogP contribution >= 0.6 is 0 Å². The molecule has 1 aliphatic carbocycles. The average Bonchev–Trinajstić information content (AvgIpc) is 3.26. The smallest absolute Gasteiger partial charge is 0.257 e. The SMILES string of the molecule is NCCN(Cc1ccc2c(c1)CCC2)C(=O)c1ccccc1OCc1ccccc1. The minimum atomic E-state index is -0.0513. The van der Waals surface area contributed by atoms with Crippen molar-refractivity contribution in [2.75, 3.05) is 13.1 Å². The molecule has 1 aliphatic rings. The summed E-state index contributed by atoms with van der Waals surface area (Å²) in [6, 6.07) is 24.0. The zero-order valence-corrected chi connectivity index (χ0v) is 17.2. The minimum Gasteiger partial charge on any atom is -0.488 e. The first kappa shape index (κ1) is 20.2. The van der Waals surface area contributed by atoms with Gasteiger partial charge in [-0.05, 0) is 53.6 Å². The summed E-state index contributed by atoms with van der Waals surface area (Å²) >= 11 is 0. The number of fused-ring (bicyclic) bond motifs is 1. The first-order chi connectivity index (χ1) is 14.7. The number of para-hydroxylation sites is 1. The van der Waals surface area contributed by atoms with E-state index in [1.54, 1.807) is 0 Å². The second-order valence-electron chi connectivity index (χ2n) is 7.74. The van der Waals surface area contributed by atoms with Gasteiger partial charge in [0.2, 0.25) is 0 Å². The van der Waals surface area contributed by atoms with Crippen LogP contribution in [0.4, 0.5) is 0 Å². The molecule has 3 aromatic rings. The highest BCUT2D eigenvalue weighted by Crippen LogP contribution is 2.25. The molecular weight excluding hydrogens is 372 g/mol. The van der Waals surface area contributed by atoms with Crippen LogP contribution in [-0.2, 0) is 26.0 Å². The highest BCUT2D eigenvalue weighted by molar-refractivity contribution is 5.97. The first-order valence-corrected chi connectivity index (χ1v) is 10.6. The number of carbonyl (C=O) groups excluding carboxylic acids is 1. The molecule has 154 valence electrons. The number of amides is 1. The summed E-state index contributed by atoms with van der Waals surface area (Å²) in [5.74, 6) is 0.548. The van der Waals surface area contributed by atoms with Crippen molar-refractivity contribution in [2.45, 2.75) is 32.4 Å². The van der Waals surface area contributed by atoms with E-state index < -0.39 is 0 Å². The van der Waals surface area contributed by atoms with E-state index in [9.17, 15) is 4.79 Å². The van der Waals surface area contributed by atoms with E-state index in [2.05, 4.69) is 18.2 Å². The largest absolute Gasteiger partial charge is 0.488 e. The maximum Gasteiger partial charge on any atom is 0.257 e. The third-order valence-electron chi connectivity index (χ3n) is 5.58. The summed E-state index contributed by atoms with van der Waals surface area (Å²) < 4.78 is 6.00. The maximum atomic E-state index is 13.4. The van der Waals surface area contributed by atoms with Gasteiger partial charge < -0.3 is 15.4 Å². The Hall–Kier alpha value is -3.11. The van der Waals surface area contributed by atoms with Crippen LogP contribution in [0.1, 0.15) is 39.0 Å². The standard InChI is InChI=1S/C26H28N2O2/c27-15-16-28(18-21-13-14-22-9-6-10-23(22)17-21)26(29)24-11-4-5-12-25(24)30-19-20-7-2-1-3-8-20/h1-5,7-8,11-14,17H,6,9-10,15-16,18-19,27H2. The van der Waals surface area contributed by atoms with Crippen LogP contribution in [0.5, 0.6) is 5.75 Å². The van der Waals surface area contributed by atoms with Gasteiger partial charge in [0.05, 0.1) is 5.56 Å². The van der Waals surface area contributed by atoms with E-state index in [1.807, 2.05) is 59.5 Å². The molecule has 3 aromatic carbocycles. The van der Waals surface area contributed by atoms with Crippen LogP contribution in [0, 0.1) is 0 Å². The third kappa shape index (κ3) is 4.71. The monoisotopic (exact) mass is 400 g/mol. The van der Waals surface area contributed by atoms with Crippen LogP contribution < -0.4 is 10.5 Å². The van der Waals surface area contributed by atoms with Crippen LogP contribution in [0.2, 0.25) is 0 Å². The molecule has 0 atom stereocenters. The zero-order chi connectivity index (χ0) is 20.8. The fraction of sp³-hybridized carbons (Fsp3) is 0.269. The molecule has 0 aliphatic heterocycles. The van der Waals surface area contributed by atoms with Crippen molar-refractivity contribution in [2.24, 2.45) is 5.73 Å². The zero-order valence-electron chi connectivity index (χ0n) is 17.2. The van der Waals surface area contributed by atoms with Gasteiger partial charge in [-0.15, -0.1) is 0 Å². The Balaban J connectivity index is 1.52. The number of benzene rings is 3. The fourth-order valence-corrected chi connectivity index (χ4v) is 4.03. The highest BCUT2D eigenvalue weighted by Gasteiger charge is 2.20. The molecule has 0 heterocycles. The molecular formula is C26H28N2O2. The lowest BCUT2D eigenvalue weighted by molar-refractivity contribution is 0.0743. The van der Waals surface area contributed by atoms with Crippen molar-refractivity contribution >= 4 is 5.91 Å². The van der Waals surface area contributed by atoms with Crippen molar-refractivity contribution in [1.29, 1.82) is 0 Å².